The van der Waals surface area contributed by atoms with Gasteiger partial charge in [0, 0.05) is 17.8 Å². The molecule has 2 aromatic carbocycles. The van der Waals surface area contributed by atoms with Crippen LogP contribution < -0.4 is 11.1 Å². The molecule has 2 heterocycles. The molecule has 1 saturated heterocycles. The SMILES string of the molecule is NC(=O)c1ccc(NC(=O)CN2CCC(Cn3cnc4ccccc43)CC2)cc1.O=C(O)C(=O)O. The lowest BCUT2D eigenvalue weighted by Crippen LogP contribution is -2.39. The third-order valence-corrected chi connectivity index (χ3v) is 5.69. The van der Waals surface area contributed by atoms with Crippen LogP contribution in [0.3, 0.4) is 0 Å². The summed E-state index contributed by atoms with van der Waals surface area (Å²) in [5, 5.41) is 17.7. The van der Waals surface area contributed by atoms with Gasteiger partial charge in [-0.05, 0) is 68.2 Å². The maximum atomic E-state index is 12.3. The average Bonchev–Trinajstić information content (AvgIpc) is 3.24. The van der Waals surface area contributed by atoms with Crippen LogP contribution in [0.5, 0.6) is 0 Å². The van der Waals surface area contributed by atoms with E-state index in [0.717, 1.165) is 38.0 Å². The molecule has 0 radical (unpaired) electrons. The number of piperidine rings is 1. The van der Waals surface area contributed by atoms with E-state index in [1.54, 1.807) is 24.3 Å². The number of imidazole rings is 1. The number of hydrogen-bond donors (Lipinski definition) is 4. The van der Waals surface area contributed by atoms with Crippen molar-refractivity contribution in [3.05, 3.63) is 60.4 Å². The highest BCUT2D eigenvalue weighted by atomic mass is 16.4. The molecule has 11 heteroatoms. The van der Waals surface area contributed by atoms with Gasteiger partial charge in [-0.25, -0.2) is 14.6 Å². The molecule has 1 fully saturated rings. The van der Waals surface area contributed by atoms with Crippen molar-refractivity contribution in [2.24, 2.45) is 11.7 Å². The van der Waals surface area contributed by atoms with Gasteiger partial charge in [0.25, 0.3) is 0 Å². The van der Waals surface area contributed by atoms with Gasteiger partial charge in [0.1, 0.15) is 0 Å². The topological polar surface area (TPSA) is 168 Å². The Kier molecular flexibility index (Phi) is 8.52. The van der Waals surface area contributed by atoms with Crippen molar-refractivity contribution in [3.8, 4) is 0 Å². The number of carboxylic acids is 2. The summed E-state index contributed by atoms with van der Waals surface area (Å²) in [6.07, 6.45) is 4.05. The number of para-hydroxylation sites is 2. The number of anilines is 1. The van der Waals surface area contributed by atoms with Crippen molar-refractivity contribution < 1.29 is 29.4 Å². The van der Waals surface area contributed by atoms with E-state index in [1.165, 1.54) is 5.52 Å². The van der Waals surface area contributed by atoms with E-state index in [-0.39, 0.29) is 5.91 Å². The lowest BCUT2D eigenvalue weighted by molar-refractivity contribution is -0.159. The minimum atomic E-state index is -1.82. The molecule has 5 N–H and O–H groups in total. The number of nitrogens with zero attached hydrogens (tertiary/aromatic N) is 3. The second kappa shape index (κ2) is 11.7. The van der Waals surface area contributed by atoms with Gasteiger partial charge in [-0.2, -0.15) is 0 Å². The second-order valence-electron chi connectivity index (χ2n) is 8.21. The van der Waals surface area contributed by atoms with E-state index >= 15 is 0 Å². The predicted molar refractivity (Wildman–Crippen MR) is 128 cm³/mol. The molecular weight excluding hydrogens is 454 g/mol. The minimum Gasteiger partial charge on any atom is -0.473 e. The molecule has 0 bridgehead atoms. The van der Waals surface area contributed by atoms with E-state index in [1.807, 2.05) is 24.5 Å². The number of aromatic nitrogens is 2. The number of carbonyl (C=O) groups is 4. The van der Waals surface area contributed by atoms with Gasteiger partial charge in [0.15, 0.2) is 0 Å². The number of hydrogen-bond acceptors (Lipinski definition) is 6. The number of benzene rings is 2. The maximum Gasteiger partial charge on any atom is 0.414 e. The van der Waals surface area contributed by atoms with E-state index < -0.39 is 17.8 Å². The Morgan fingerprint density at radius 1 is 0.971 bits per heavy atom. The zero-order chi connectivity index (χ0) is 25.4. The summed E-state index contributed by atoms with van der Waals surface area (Å²) in [5.74, 6) is -3.58. The van der Waals surface area contributed by atoms with Gasteiger partial charge in [0.05, 0.1) is 23.9 Å². The summed E-state index contributed by atoms with van der Waals surface area (Å²) in [4.78, 5) is 48.3. The fourth-order valence-corrected chi connectivity index (χ4v) is 3.88. The Balaban J connectivity index is 0.000000509. The minimum absolute atomic E-state index is 0.0455. The van der Waals surface area contributed by atoms with E-state index in [2.05, 4.69) is 25.8 Å². The zero-order valence-corrected chi connectivity index (χ0v) is 19.0. The first kappa shape index (κ1) is 25.4. The van der Waals surface area contributed by atoms with Gasteiger partial charge in [-0.15, -0.1) is 0 Å². The number of nitrogens with two attached hydrogens (primary N) is 1. The first-order valence-corrected chi connectivity index (χ1v) is 11.0. The average molecular weight is 482 g/mol. The van der Waals surface area contributed by atoms with Crippen molar-refractivity contribution in [1.29, 1.82) is 0 Å². The molecule has 4 rings (SSSR count). The fourth-order valence-electron chi connectivity index (χ4n) is 3.88. The molecular formula is C24H27N5O6. The number of carboxylic acid groups (broad SMARTS) is 2. The molecule has 1 aliphatic rings. The molecule has 184 valence electrons. The largest absolute Gasteiger partial charge is 0.473 e. The molecule has 0 saturated carbocycles. The Bertz CT molecular complexity index is 1190. The van der Waals surface area contributed by atoms with Crippen LogP contribution in [0.4, 0.5) is 5.69 Å². The fraction of sp³-hybridized carbons (Fsp3) is 0.292. The monoisotopic (exact) mass is 481 g/mol. The molecule has 0 unspecified atom stereocenters. The summed E-state index contributed by atoms with van der Waals surface area (Å²) >= 11 is 0. The van der Waals surface area contributed by atoms with E-state index in [4.69, 9.17) is 25.5 Å². The number of likely N-dealkylation sites (tertiary alicyclic amines) is 1. The normalized spacial score (nSPS) is 14.1. The predicted octanol–water partition coefficient (Wildman–Crippen LogP) is 1.64. The van der Waals surface area contributed by atoms with E-state index in [9.17, 15) is 9.59 Å². The number of rotatable bonds is 6. The highest BCUT2D eigenvalue weighted by Crippen LogP contribution is 2.22. The molecule has 0 aliphatic carbocycles. The van der Waals surface area contributed by atoms with Crippen LogP contribution in [-0.2, 0) is 20.9 Å². The molecule has 11 nitrogen and oxygen atoms in total. The Morgan fingerprint density at radius 3 is 2.20 bits per heavy atom. The van der Waals surface area contributed by atoms with Crippen molar-refractivity contribution in [1.82, 2.24) is 14.5 Å². The molecule has 0 spiro atoms. The molecule has 3 aromatic rings. The lowest BCUT2D eigenvalue weighted by atomic mass is 9.96. The Hall–Kier alpha value is -4.25. The van der Waals surface area contributed by atoms with Gasteiger partial charge >= 0.3 is 11.9 Å². The van der Waals surface area contributed by atoms with Crippen molar-refractivity contribution in [2.45, 2.75) is 19.4 Å². The molecule has 1 aliphatic heterocycles. The lowest BCUT2D eigenvalue weighted by Gasteiger charge is -2.31. The quantitative estimate of drug-likeness (QED) is 0.385. The summed E-state index contributed by atoms with van der Waals surface area (Å²) in [5.41, 5.74) is 8.54. The van der Waals surface area contributed by atoms with Crippen LogP contribution in [0.1, 0.15) is 23.2 Å². The smallest absolute Gasteiger partial charge is 0.414 e. The van der Waals surface area contributed by atoms with Gasteiger partial charge in [-0.1, -0.05) is 12.1 Å². The third-order valence-electron chi connectivity index (χ3n) is 5.69. The van der Waals surface area contributed by atoms with Crippen molar-refractivity contribution >= 4 is 40.5 Å². The first-order valence-electron chi connectivity index (χ1n) is 11.0. The van der Waals surface area contributed by atoms with Crippen molar-refractivity contribution in [3.63, 3.8) is 0 Å². The summed E-state index contributed by atoms with van der Waals surface area (Å²) in [6, 6.07) is 14.8. The van der Waals surface area contributed by atoms with Crippen LogP contribution in [-0.4, -0.2) is 68.1 Å². The van der Waals surface area contributed by atoms with Crippen LogP contribution in [0.15, 0.2) is 54.9 Å². The van der Waals surface area contributed by atoms with Crippen LogP contribution in [0.25, 0.3) is 11.0 Å². The summed E-state index contributed by atoms with van der Waals surface area (Å²) in [6.45, 7) is 3.15. The number of carbonyl (C=O) groups excluding carboxylic acids is 2. The van der Waals surface area contributed by atoms with Crippen LogP contribution in [0, 0.1) is 5.92 Å². The highest BCUT2D eigenvalue weighted by Gasteiger charge is 2.21. The van der Waals surface area contributed by atoms with Crippen LogP contribution in [0.2, 0.25) is 0 Å². The maximum absolute atomic E-state index is 12.3. The highest BCUT2D eigenvalue weighted by molar-refractivity contribution is 6.27. The van der Waals surface area contributed by atoms with E-state index in [0.29, 0.717) is 23.7 Å². The first-order chi connectivity index (χ1) is 16.7. The molecule has 2 amide bonds. The number of fused-ring (bicyclic) bond motifs is 1. The van der Waals surface area contributed by atoms with Gasteiger partial charge in [0.2, 0.25) is 11.8 Å². The second-order valence-corrected chi connectivity index (χ2v) is 8.21. The summed E-state index contributed by atoms with van der Waals surface area (Å²) in [7, 11) is 0. The standard InChI is InChI=1S/C22H25N5O2.C2H2O4/c23-22(29)17-5-7-18(8-6-17)25-21(28)14-26-11-9-16(10-12-26)13-27-15-24-19-3-1-2-4-20(19)27;3-1(4)2(5)6/h1-8,15-16H,9-14H2,(H2,23,29)(H,25,28);(H,3,4)(H,5,6). The number of aliphatic carboxylic acids is 2. The zero-order valence-electron chi connectivity index (χ0n) is 19.0. The Labute approximate surface area is 201 Å². The van der Waals surface area contributed by atoms with Gasteiger partial charge < -0.3 is 25.8 Å². The van der Waals surface area contributed by atoms with Crippen molar-refractivity contribution in [2.75, 3.05) is 25.0 Å². The third kappa shape index (κ3) is 7.37. The van der Waals surface area contributed by atoms with Crippen LogP contribution >= 0.6 is 0 Å². The number of amides is 2. The molecule has 35 heavy (non-hydrogen) atoms. The number of nitrogens with one attached hydrogen (secondary N) is 1. The van der Waals surface area contributed by atoms with Gasteiger partial charge in [-0.3, -0.25) is 14.5 Å². The summed E-state index contributed by atoms with van der Waals surface area (Å²) < 4.78 is 2.23. The molecule has 0 atom stereocenters. The Morgan fingerprint density at radius 2 is 1.60 bits per heavy atom. The molecule has 1 aromatic heterocycles. The number of primary amides is 1.